The Hall–Kier alpha value is -2.24. The number of carbonyl (C=O) groups is 3. The molecule has 1 aromatic carbocycles. The van der Waals surface area contributed by atoms with Gasteiger partial charge < -0.3 is 5.32 Å². The van der Waals surface area contributed by atoms with E-state index in [1.54, 1.807) is 6.07 Å². The number of imide groups is 1. The van der Waals surface area contributed by atoms with Gasteiger partial charge in [-0.3, -0.25) is 14.5 Å². The van der Waals surface area contributed by atoms with Crippen LogP contribution in [0.15, 0.2) is 24.3 Å². The summed E-state index contributed by atoms with van der Waals surface area (Å²) in [4.78, 5) is 37.9. The highest BCUT2D eigenvalue weighted by atomic mass is 19.1. The lowest BCUT2D eigenvalue weighted by molar-refractivity contribution is -0.132. The summed E-state index contributed by atoms with van der Waals surface area (Å²) in [5, 5.41) is 2.75. The SMILES string of the molecule is CC1CCC2(CC1)NC(=O)N(CC(=O)c1ccccc1F)C2=O. The lowest BCUT2D eigenvalue weighted by atomic mass is 9.77. The number of urea groups is 1. The Morgan fingerprint density at radius 2 is 1.96 bits per heavy atom. The van der Waals surface area contributed by atoms with Gasteiger partial charge in [0.15, 0.2) is 5.78 Å². The summed E-state index contributed by atoms with van der Waals surface area (Å²) >= 11 is 0. The van der Waals surface area contributed by atoms with Crippen LogP contribution >= 0.6 is 0 Å². The molecular formula is C17H19FN2O3. The van der Waals surface area contributed by atoms with Crippen molar-refractivity contribution >= 4 is 17.7 Å². The zero-order valence-corrected chi connectivity index (χ0v) is 13.0. The van der Waals surface area contributed by atoms with Gasteiger partial charge in [-0.05, 0) is 43.7 Å². The van der Waals surface area contributed by atoms with Gasteiger partial charge >= 0.3 is 6.03 Å². The minimum Gasteiger partial charge on any atom is -0.323 e. The molecule has 1 spiro atoms. The van der Waals surface area contributed by atoms with Gasteiger partial charge in [-0.15, -0.1) is 0 Å². The van der Waals surface area contributed by atoms with E-state index in [4.69, 9.17) is 0 Å². The minimum absolute atomic E-state index is 0.105. The molecule has 1 saturated carbocycles. The van der Waals surface area contributed by atoms with Crippen LogP contribution in [0.3, 0.4) is 0 Å². The van der Waals surface area contributed by atoms with Crippen LogP contribution in [0.25, 0.3) is 0 Å². The van der Waals surface area contributed by atoms with Crippen molar-refractivity contribution in [1.29, 1.82) is 0 Å². The third kappa shape index (κ3) is 2.73. The maximum absolute atomic E-state index is 13.7. The third-order valence-corrected chi connectivity index (χ3v) is 4.85. The fraction of sp³-hybridized carbons (Fsp3) is 0.471. The number of benzene rings is 1. The average molecular weight is 318 g/mol. The van der Waals surface area contributed by atoms with Crippen molar-refractivity contribution < 1.29 is 18.8 Å². The quantitative estimate of drug-likeness (QED) is 0.688. The maximum atomic E-state index is 13.7. The average Bonchev–Trinajstić information content (AvgIpc) is 2.75. The lowest BCUT2D eigenvalue weighted by Crippen LogP contribution is -2.49. The van der Waals surface area contributed by atoms with E-state index in [2.05, 4.69) is 12.2 Å². The summed E-state index contributed by atoms with van der Waals surface area (Å²) in [6, 6.07) is 5.01. The zero-order chi connectivity index (χ0) is 16.6. The second-order valence-corrected chi connectivity index (χ2v) is 6.49. The van der Waals surface area contributed by atoms with Gasteiger partial charge in [0.05, 0.1) is 12.1 Å². The molecule has 1 heterocycles. The molecule has 0 radical (unpaired) electrons. The number of carbonyl (C=O) groups excluding carboxylic acids is 3. The van der Waals surface area contributed by atoms with Crippen molar-refractivity contribution in [2.24, 2.45) is 5.92 Å². The van der Waals surface area contributed by atoms with E-state index in [9.17, 15) is 18.8 Å². The molecule has 1 aliphatic heterocycles. The van der Waals surface area contributed by atoms with Crippen molar-refractivity contribution in [3.05, 3.63) is 35.6 Å². The van der Waals surface area contributed by atoms with Crippen LogP contribution in [0.4, 0.5) is 9.18 Å². The van der Waals surface area contributed by atoms with Gasteiger partial charge in [0.1, 0.15) is 11.4 Å². The predicted octanol–water partition coefficient (Wildman–Crippen LogP) is 2.51. The molecule has 1 saturated heterocycles. The molecule has 6 heteroatoms. The Kier molecular flexibility index (Phi) is 3.92. The molecule has 0 atom stereocenters. The highest BCUT2D eigenvalue weighted by Gasteiger charge is 2.52. The van der Waals surface area contributed by atoms with E-state index in [0.717, 1.165) is 17.7 Å². The molecule has 2 aliphatic rings. The molecular weight excluding hydrogens is 299 g/mol. The number of nitrogens with one attached hydrogen (secondary N) is 1. The number of nitrogens with zero attached hydrogens (tertiary/aromatic N) is 1. The Labute approximate surface area is 133 Å². The topological polar surface area (TPSA) is 66.5 Å². The van der Waals surface area contributed by atoms with Crippen LogP contribution in [0.1, 0.15) is 43.0 Å². The number of ketones is 1. The van der Waals surface area contributed by atoms with E-state index >= 15 is 0 Å². The summed E-state index contributed by atoms with van der Waals surface area (Å²) in [7, 11) is 0. The third-order valence-electron chi connectivity index (χ3n) is 4.85. The number of hydrogen-bond donors (Lipinski definition) is 1. The normalized spacial score (nSPS) is 27.4. The summed E-state index contributed by atoms with van der Waals surface area (Å²) in [5.41, 5.74) is -0.981. The Morgan fingerprint density at radius 3 is 2.61 bits per heavy atom. The van der Waals surface area contributed by atoms with Crippen molar-refractivity contribution in [2.75, 3.05) is 6.54 Å². The molecule has 1 aliphatic carbocycles. The molecule has 3 rings (SSSR count). The molecule has 2 fully saturated rings. The lowest BCUT2D eigenvalue weighted by Gasteiger charge is -2.33. The molecule has 1 N–H and O–H groups in total. The minimum atomic E-state index is -0.876. The number of rotatable bonds is 3. The first-order chi connectivity index (χ1) is 10.9. The fourth-order valence-corrected chi connectivity index (χ4v) is 3.33. The largest absolute Gasteiger partial charge is 0.325 e. The van der Waals surface area contributed by atoms with Gasteiger partial charge in [0.2, 0.25) is 0 Å². The van der Waals surface area contributed by atoms with Crippen LogP contribution in [0.5, 0.6) is 0 Å². The first-order valence-corrected chi connectivity index (χ1v) is 7.85. The van der Waals surface area contributed by atoms with E-state index in [-0.39, 0.29) is 11.5 Å². The number of halogens is 1. The number of hydrogen-bond acceptors (Lipinski definition) is 3. The van der Waals surface area contributed by atoms with E-state index < -0.39 is 29.7 Å². The van der Waals surface area contributed by atoms with Gasteiger partial charge in [-0.2, -0.15) is 0 Å². The summed E-state index contributed by atoms with van der Waals surface area (Å²) in [6.07, 6.45) is 2.90. The van der Waals surface area contributed by atoms with Gasteiger partial charge in [-0.1, -0.05) is 19.1 Å². The molecule has 0 unspecified atom stereocenters. The molecule has 122 valence electrons. The monoisotopic (exact) mass is 318 g/mol. The molecule has 1 aromatic rings. The molecule has 3 amide bonds. The van der Waals surface area contributed by atoms with Crippen LogP contribution in [0, 0.1) is 11.7 Å². The Balaban J connectivity index is 1.76. The Morgan fingerprint density at radius 1 is 1.30 bits per heavy atom. The smallest absolute Gasteiger partial charge is 0.323 e. The van der Waals surface area contributed by atoms with Crippen LogP contribution in [-0.4, -0.2) is 34.7 Å². The fourth-order valence-electron chi connectivity index (χ4n) is 3.33. The Bertz CT molecular complexity index is 666. The van der Waals surface area contributed by atoms with Crippen molar-refractivity contribution in [3.8, 4) is 0 Å². The molecule has 0 bridgehead atoms. The van der Waals surface area contributed by atoms with Gasteiger partial charge in [0.25, 0.3) is 5.91 Å². The van der Waals surface area contributed by atoms with Crippen molar-refractivity contribution in [1.82, 2.24) is 10.2 Å². The second kappa shape index (κ2) is 5.76. The first kappa shape index (κ1) is 15.6. The van der Waals surface area contributed by atoms with E-state index in [0.29, 0.717) is 18.8 Å². The number of amides is 3. The maximum Gasteiger partial charge on any atom is 0.325 e. The van der Waals surface area contributed by atoms with Gasteiger partial charge in [0, 0.05) is 0 Å². The summed E-state index contributed by atoms with van der Waals surface area (Å²) in [5.74, 6) is -1.06. The van der Waals surface area contributed by atoms with Gasteiger partial charge in [-0.25, -0.2) is 9.18 Å². The summed E-state index contributed by atoms with van der Waals surface area (Å²) < 4.78 is 13.7. The zero-order valence-electron chi connectivity index (χ0n) is 13.0. The molecule has 23 heavy (non-hydrogen) atoms. The highest BCUT2D eigenvalue weighted by molar-refractivity contribution is 6.11. The van der Waals surface area contributed by atoms with Crippen molar-refractivity contribution in [2.45, 2.75) is 38.1 Å². The standard InChI is InChI=1S/C17H19FN2O3/c1-11-6-8-17(9-7-11)15(22)20(16(23)19-17)10-14(21)12-4-2-3-5-13(12)18/h2-5,11H,6-10H2,1H3,(H,19,23). The number of Topliss-reactive ketones (excluding diaryl/α,β-unsaturated/α-hetero) is 1. The van der Waals surface area contributed by atoms with Crippen LogP contribution < -0.4 is 5.32 Å². The van der Waals surface area contributed by atoms with Crippen molar-refractivity contribution in [3.63, 3.8) is 0 Å². The molecule has 5 nitrogen and oxygen atoms in total. The second-order valence-electron chi connectivity index (χ2n) is 6.49. The van der Waals surface area contributed by atoms with Crippen LogP contribution in [0.2, 0.25) is 0 Å². The molecule has 0 aromatic heterocycles. The first-order valence-electron chi connectivity index (χ1n) is 7.85. The predicted molar refractivity (Wildman–Crippen MR) is 81.3 cm³/mol. The van der Waals surface area contributed by atoms with E-state index in [1.165, 1.54) is 18.2 Å². The van der Waals surface area contributed by atoms with Crippen LogP contribution in [-0.2, 0) is 4.79 Å². The summed E-state index contributed by atoms with van der Waals surface area (Å²) in [6.45, 7) is 1.69. The van der Waals surface area contributed by atoms with E-state index in [1.807, 2.05) is 0 Å². The highest BCUT2D eigenvalue weighted by Crippen LogP contribution is 2.36.